The van der Waals surface area contributed by atoms with E-state index in [0.29, 0.717) is 0 Å². The third kappa shape index (κ3) is 3.25. The summed E-state index contributed by atoms with van der Waals surface area (Å²) in [7, 11) is 1.72. The van der Waals surface area contributed by atoms with Gasteiger partial charge in [-0.1, -0.05) is 110 Å². The van der Waals surface area contributed by atoms with Crippen LogP contribution in [0.4, 0.5) is 0 Å². The number of rotatable bonds is 3. The molecule has 1 heteroatoms. The molecule has 0 saturated heterocycles. The summed E-state index contributed by atoms with van der Waals surface area (Å²) in [5.74, 6) is 0.872. The number of fused-ring (bicyclic) bond motifs is 5. The number of aryl methyl sites for hydroxylation is 1. The van der Waals surface area contributed by atoms with Gasteiger partial charge in [0, 0.05) is 5.41 Å². The first-order valence-electron chi connectivity index (χ1n) is 13.3. The van der Waals surface area contributed by atoms with Gasteiger partial charge in [-0.05, 0) is 91.2 Å². The second-order valence-corrected chi connectivity index (χ2v) is 11.0. The van der Waals surface area contributed by atoms with Crippen molar-refractivity contribution in [1.29, 1.82) is 0 Å². The van der Waals surface area contributed by atoms with E-state index in [-0.39, 0.29) is 5.41 Å². The van der Waals surface area contributed by atoms with Gasteiger partial charge in [0.15, 0.2) is 0 Å². The first kappa shape index (κ1) is 22.8. The second kappa shape index (κ2) is 8.33. The lowest BCUT2D eigenvalue weighted by Gasteiger charge is -2.23. The van der Waals surface area contributed by atoms with Crippen molar-refractivity contribution >= 4 is 21.5 Å². The molecule has 1 nitrogen and oxygen atoms in total. The molecule has 0 fully saturated rings. The van der Waals surface area contributed by atoms with Crippen molar-refractivity contribution in [2.45, 2.75) is 26.2 Å². The van der Waals surface area contributed by atoms with E-state index in [1.807, 2.05) is 0 Å². The van der Waals surface area contributed by atoms with Gasteiger partial charge >= 0.3 is 0 Å². The third-order valence-electron chi connectivity index (χ3n) is 8.43. The quantitative estimate of drug-likeness (QED) is 0.224. The van der Waals surface area contributed by atoms with Crippen LogP contribution in [0.25, 0.3) is 54.9 Å². The molecule has 6 aromatic carbocycles. The normalized spacial score (nSPS) is 13.5. The predicted octanol–water partition coefficient (Wildman–Crippen LogP) is 9.95. The van der Waals surface area contributed by atoms with Crippen molar-refractivity contribution in [2.75, 3.05) is 7.11 Å². The van der Waals surface area contributed by atoms with Crippen LogP contribution in [-0.4, -0.2) is 7.11 Å². The van der Waals surface area contributed by atoms with Crippen LogP contribution in [0.3, 0.4) is 0 Å². The van der Waals surface area contributed by atoms with E-state index in [1.165, 1.54) is 71.6 Å². The van der Waals surface area contributed by atoms with Crippen LogP contribution < -0.4 is 4.74 Å². The van der Waals surface area contributed by atoms with Gasteiger partial charge in [0.1, 0.15) is 5.75 Å². The third-order valence-corrected chi connectivity index (χ3v) is 8.43. The van der Waals surface area contributed by atoms with Crippen molar-refractivity contribution in [3.63, 3.8) is 0 Å². The van der Waals surface area contributed by atoms with E-state index in [0.717, 1.165) is 5.75 Å². The van der Waals surface area contributed by atoms with Crippen molar-refractivity contribution in [1.82, 2.24) is 0 Å². The maximum absolute atomic E-state index is 5.45. The minimum atomic E-state index is -0.0352. The van der Waals surface area contributed by atoms with Crippen LogP contribution in [0.2, 0.25) is 0 Å². The fourth-order valence-electron chi connectivity index (χ4n) is 6.53. The molecule has 1 aliphatic carbocycles. The zero-order valence-corrected chi connectivity index (χ0v) is 22.3. The number of ether oxygens (including phenoxy) is 1. The smallest absolute Gasteiger partial charge is 0.118 e. The highest BCUT2D eigenvalue weighted by molar-refractivity contribution is 6.21. The molecule has 0 heterocycles. The molecule has 0 saturated carbocycles. The highest BCUT2D eigenvalue weighted by Crippen LogP contribution is 2.51. The molecule has 0 unspecified atom stereocenters. The van der Waals surface area contributed by atoms with E-state index >= 15 is 0 Å². The minimum absolute atomic E-state index is 0.0352. The van der Waals surface area contributed by atoms with Gasteiger partial charge in [0.25, 0.3) is 0 Å². The Balaban J connectivity index is 1.56. The zero-order chi connectivity index (χ0) is 26.0. The van der Waals surface area contributed by atoms with E-state index < -0.39 is 0 Å². The SMILES string of the molecule is COc1ccc(-c2c3ccccc3c(-c3ccc4c(c3)C(C)(C)c3ccccc3-4)c3cc(C)ccc23)cc1. The lowest BCUT2D eigenvalue weighted by molar-refractivity contribution is 0.415. The van der Waals surface area contributed by atoms with Crippen LogP contribution in [0.5, 0.6) is 5.75 Å². The van der Waals surface area contributed by atoms with Gasteiger partial charge in [0.05, 0.1) is 7.11 Å². The van der Waals surface area contributed by atoms with E-state index in [4.69, 9.17) is 4.74 Å². The Hall–Kier alpha value is -4.36. The zero-order valence-electron chi connectivity index (χ0n) is 22.3. The number of hydrogen-bond acceptors (Lipinski definition) is 1. The van der Waals surface area contributed by atoms with Crippen molar-refractivity contribution < 1.29 is 4.74 Å². The minimum Gasteiger partial charge on any atom is -0.497 e. The molecule has 7 rings (SSSR count). The average Bonchev–Trinajstić information content (AvgIpc) is 3.18. The van der Waals surface area contributed by atoms with Gasteiger partial charge < -0.3 is 4.74 Å². The van der Waals surface area contributed by atoms with Crippen LogP contribution in [0.15, 0.2) is 109 Å². The Morgan fingerprint density at radius 1 is 0.526 bits per heavy atom. The van der Waals surface area contributed by atoms with E-state index in [9.17, 15) is 0 Å². The number of benzene rings is 6. The summed E-state index contributed by atoms with van der Waals surface area (Å²) in [6.07, 6.45) is 0. The molecule has 1 aliphatic rings. The number of hydrogen-bond donors (Lipinski definition) is 0. The molecular weight excluding hydrogens is 460 g/mol. The lowest BCUT2D eigenvalue weighted by atomic mass is 9.80. The summed E-state index contributed by atoms with van der Waals surface area (Å²) in [5.41, 5.74) is 11.8. The fraction of sp³-hybridized carbons (Fsp3) is 0.135. The van der Waals surface area contributed by atoms with Crippen molar-refractivity contribution in [2.24, 2.45) is 0 Å². The molecule has 184 valence electrons. The molecule has 0 amide bonds. The van der Waals surface area contributed by atoms with Crippen LogP contribution in [-0.2, 0) is 5.41 Å². The van der Waals surface area contributed by atoms with E-state index in [1.54, 1.807) is 7.11 Å². The highest BCUT2D eigenvalue weighted by atomic mass is 16.5. The Labute approximate surface area is 224 Å². The summed E-state index contributed by atoms with van der Waals surface area (Å²) in [6.45, 7) is 6.90. The highest BCUT2D eigenvalue weighted by Gasteiger charge is 2.35. The van der Waals surface area contributed by atoms with Gasteiger partial charge in [-0.2, -0.15) is 0 Å². The van der Waals surface area contributed by atoms with Gasteiger partial charge in [-0.3, -0.25) is 0 Å². The van der Waals surface area contributed by atoms with Gasteiger partial charge in [0.2, 0.25) is 0 Å². The predicted molar refractivity (Wildman–Crippen MR) is 161 cm³/mol. The molecule has 0 bridgehead atoms. The second-order valence-electron chi connectivity index (χ2n) is 11.0. The molecule has 0 radical (unpaired) electrons. The Morgan fingerprint density at radius 2 is 1.13 bits per heavy atom. The molecule has 38 heavy (non-hydrogen) atoms. The Kier molecular flexibility index (Phi) is 5.00. The van der Waals surface area contributed by atoms with Gasteiger partial charge in [-0.25, -0.2) is 0 Å². The fourth-order valence-corrected chi connectivity index (χ4v) is 6.53. The van der Waals surface area contributed by atoms with Crippen LogP contribution in [0.1, 0.15) is 30.5 Å². The largest absolute Gasteiger partial charge is 0.497 e. The summed E-state index contributed by atoms with van der Waals surface area (Å²) in [6, 6.07) is 40.2. The van der Waals surface area contributed by atoms with Crippen LogP contribution >= 0.6 is 0 Å². The first-order chi connectivity index (χ1) is 18.5. The summed E-state index contributed by atoms with van der Waals surface area (Å²) < 4.78 is 5.45. The maximum Gasteiger partial charge on any atom is 0.118 e. The molecule has 6 aromatic rings. The van der Waals surface area contributed by atoms with Crippen molar-refractivity contribution in [3.05, 3.63) is 126 Å². The van der Waals surface area contributed by atoms with Crippen molar-refractivity contribution in [3.8, 4) is 39.1 Å². The summed E-state index contributed by atoms with van der Waals surface area (Å²) in [4.78, 5) is 0. The average molecular weight is 491 g/mol. The first-order valence-corrected chi connectivity index (χ1v) is 13.3. The summed E-state index contributed by atoms with van der Waals surface area (Å²) >= 11 is 0. The molecule has 0 atom stereocenters. The molecule has 0 N–H and O–H groups in total. The lowest BCUT2D eigenvalue weighted by Crippen LogP contribution is -2.14. The van der Waals surface area contributed by atoms with Crippen LogP contribution in [0, 0.1) is 6.92 Å². The monoisotopic (exact) mass is 490 g/mol. The van der Waals surface area contributed by atoms with Gasteiger partial charge in [-0.15, -0.1) is 0 Å². The van der Waals surface area contributed by atoms with E-state index in [2.05, 4.69) is 130 Å². The molecular formula is C37H30O. The summed E-state index contributed by atoms with van der Waals surface area (Å²) in [5, 5.41) is 5.12. The maximum atomic E-state index is 5.45. The topological polar surface area (TPSA) is 9.23 Å². The molecule has 0 aromatic heterocycles. The molecule has 0 spiro atoms. The Bertz CT molecular complexity index is 1870. The Morgan fingerprint density at radius 3 is 1.87 bits per heavy atom. The molecule has 0 aliphatic heterocycles. The standard InChI is InChI=1S/C37H30O/c1-23-13-19-31-32(21-23)36(25-16-20-28-27-9-7-8-12-33(27)37(2,3)34(28)22-25)30-11-6-5-10-29(30)35(31)24-14-17-26(38-4)18-15-24/h5-22H,1-4H3. The number of methoxy groups -OCH3 is 1.